The largest absolute Gasteiger partial charge is 0.497 e. The Morgan fingerprint density at radius 3 is 2.76 bits per heavy atom. The van der Waals surface area contributed by atoms with Crippen LogP contribution in [0.5, 0.6) is 5.75 Å². The number of carbonyl (C=O) groups excluding carboxylic acids is 1. The maximum absolute atomic E-state index is 12.0. The Morgan fingerprint density at radius 1 is 1.43 bits per heavy atom. The summed E-state index contributed by atoms with van der Waals surface area (Å²) in [6.07, 6.45) is 1.12. The lowest BCUT2D eigenvalue weighted by Crippen LogP contribution is -2.50. The van der Waals surface area contributed by atoms with E-state index >= 15 is 0 Å². The second-order valence-corrected chi connectivity index (χ2v) is 6.16. The molecule has 1 aliphatic rings. The average molecular weight is 331 g/mol. The van der Waals surface area contributed by atoms with Crippen molar-refractivity contribution in [2.75, 3.05) is 26.0 Å². The summed E-state index contributed by atoms with van der Waals surface area (Å²) in [4.78, 5) is 13.0. The number of amides is 1. The van der Waals surface area contributed by atoms with E-state index in [0.29, 0.717) is 11.7 Å². The van der Waals surface area contributed by atoms with E-state index in [1.54, 1.807) is 18.9 Å². The van der Waals surface area contributed by atoms with Crippen molar-refractivity contribution in [2.24, 2.45) is 5.92 Å². The number of thioether (sulfide) groups is 1. The molecule has 2 atom stereocenters. The second kappa shape index (κ2) is 9.18. The molecular weight excluding hydrogens is 308 g/mol. The fourth-order valence-electron chi connectivity index (χ4n) is 2.25. The molecule has 1 saturated heterocycles. The Labute approximate surface area is 136 Å². The van der Waals surface area contributed by atoms with Crippen molar-refractivity contribution >= 4 is 30.1 Å². The summed E-state index contributed by atoms with van der Waals surface area (Å²) < 4.78 is 5.11. The van der Waals surface area contributed by atoms with E-state index in [1.807, 2.05) is 24.3 Å². The fraction of sp³-hybridized carbons (Fsp3) is 0.533. The molecule has 0 radical (unpaired) electrons. The van der Waals surface area contributed by atoms with Crippen molar-refractivity contribution < 1.29 is 9.53 Å². The van der Waals surface area contributed by atoms with E-state index in [2.05, 4.69) is 17.6 Å². The van der Waals surface area contributed by atoms with Crippen molar-refractivity contribution in [3.05, 3.63) is 24.3 Å². The highest BCUT2D eigenvalue weighted by Crippen LogP contribution is 2.21. The van der Waals surface area contributed by atoms with Crippen LogP contribution in [0.2, 0.25) is 0 Å². The van der Waals surface area contributed by atoms with Crippen molar-refractivity contribution in [1.29, 1.82) is 0 Å². The minimum absolute atomic E-state index is 0. The fourth-order valence-corrected chi connectivity index (χ4v) is 2.96. The van der Waals surface area contributed by atoms with Gasteiger partial charge in [-0.05, 0) is 43.1 Å². The molecule has 2 unspecified atom stereocenters. The predicted molar refractivity (Wildman–Crippen MR) is 89.5 cm³/mol. The number of nitrogens with one attached hydrogen (secondary N) is 2. The van der Waals surface area contributed by atoms with E-state index in [-0.39, 0.29) is 24.4 Å². The van der Waals surface area contributed by atoms with Gasteiger partial charge in [0.1, 0.15) is 5.75 Å². The molecule has 1 aromatic rings. The normalized spacial score (nSPS) is 21.2. The number of piperidine rings is 1. The summed E-state index contributed by atoms with van der Waals surface area (Å²) in [5.74, 6) is 1.94. The van der Waals surface area contributed by atoms with Crippen LogP contribution in [-0.2, 0) is 4.79 Å². The first-order valence-electron chi connectivity index (χ1n) is 6.96. The number of methoxy groups -OCH3 is 1. The van der Waals surface area contributed by atoms with Crippen LogP contribution in [-0.4, -0.2) is 37.9 Å². The Kier molecular flexibility index (Phi) is 7.93. The number of hydrogen-bond acceptors (Lipinski definition) is 4. The van der Waals surface area contributed by atoms with Gasteiger partial charge < -0.3 is 15.4 Å². The lowest BCUT2D eigenvalue weighted by molar-refractivity contribution is -0.119. The van der Waals surface area contributed by atoms with E-state index in [1.165, 1.54) is 0 Å². The molecule has 1 fully saturated rings. The van der Waals surface area contributed by atoms with Gasteiger partial charge in [0.05, 0.1) is 12.9 Å². The Hall–Kier alpha value is -0.910. The van der Waals surface area contributed by atoms with Crippen LogP contribution in [0.25, 0.3) is 0 Å². The highest BCUT2D eigenvalue weighted by molar-refractivity contribution is 8.00. The Balaban J connectivity index is 0.00000220. The Bertz CT molecular complexity index is 442. The molecule has 0 spiro atoms. The van der Waals surface area contributed by atoms with Gasteiger partial charge in [-0.2, -0.15) is 0 Å². The van der Waals surface area contributed by atoms with Gasteiger partial charge in [-0.3, -0.25) is 4.79 Å². The summed E-state index contributed by atoms with van der Waals surface area (Å²) in [6.45, 7) is 4.12. The molecular formula is C15H23ClN2O2S. The summed E-state index contributed by atoms with van der Waals surface area (Å²) in [5, 5.41) is 6.44. The zero-order valence-electron chi connectivity index (χ0n) is 12.4. The molecule has 1 heterocycles. The van der Waals surface area contributed by atoms with Crippen LogP contribution in [0.3, 0.4) is 0 Å². The standard InChI is InChI=1S/C15H22N2O2S.ClH/c1-11-7-8-16-9-14(11)17-15(18)10-20-13-5-3-12(19-2)4-6-13;/h3-6,11,14,16H,7-10H2,1-2H3,(H,17,18);1H. The van der Waals surface area contributed by atoms with Crippen LogP contribution in [0, 0.1) is 5.92 Å². The molecule has 21 heavy (non-hydrogen) atoms. The molecule has 1 amide bonds. The summed E-state index contributed by atoms with van der Waals surface area (Å²) >= 11 is 1.55. The van der Waals surface area contributed by atoms with Crippen molar-refractivity contribution in [3.8, 4) is 5.75 Å². The zero-order chi connectivity index (χ0) is 14.4. The molecule has 0 saturated carbocycles. The van der Waals surface area contributed by atoms with Gasteiger partial charge in [0, 0.05) is 17.5 Å². The van der Waals surface area contributed by atoms with Crippen LogP contribution in [0.4, 0.5) is 0 Å². The van der Waals surface area contributed by atoms with Crippen LogP contribution in [0.15, 0.2) is 29.2 Å². The number of rotatable bonds is 5. The molecule has 1 aliphatic heterocycles. The molecule has 0 bridgehead atoms. The quantitative estimate of drug-likeness (QED) is 0.814. The second-order valence-electron chi connectivity index (χ2n) is 5.11. The Morgan fingerprint density at radius 2 is 2.14 bits per heavy atom. The van der Waals surface area contributed by atoms with Gasteiger partial charge in [-0.1, -0.05) is 6.92 Å². The van der Waals surface area contributed by atoms with E-state index < -0.39 is 0 Å². The van der Waals surface area contributed by atoms with Crippen molar-refractivity contribution in [1.82, 2.24) is 10.6 Å². The summed E-state index contributed by atoms with van der Waals surface area (Å²) in [7, 11) is 1.65. The smallest absolute Gasteiger partial charge is 0.230 e. The van der Waals surface area contributed by atoms with E-state index in [0.717, 1.165) is 30.2 Å². The highest BCUT2D eigenvalue weighted by Gasteiger charge is 2.22. The monoisotopic (exact) mass is 330 g/mol. The molecule has 118 valence electrons. The minimum Gasteiger partial charge on any atom is -0.497 e. The average Bonchev–Trinajstić information content (AvgIpc) is 2.48. The minimum atomic E-state index is 0. The van der Waals surface area contributed by atoms with Crippen molar-refractivity contribution in [2.45, 2.75) is 24.3 Å². The highest BCUT2D eigenvalue weighted by atomic mass is 35.5. The molecule has 2 rings (SSSR count). The molecule has 1 aromatic carbocycles. The molecule has 4 nitrogen and oxygen atoms in total. The third-order valence-electron chi connectivity index (χ3n) is 3.60. The molecule has 0 aliphatic carbocycles. The van der Waals surface area contributed by atoms with Gasteiger partial charge >= 0.3 is 0 Å². The van der Waals surface area contributed by atoms with Crippen LogP contribution < -0.4 is 15.4 Å². The topological polar surface area (TPSA) is 50.4 Å². The van der Waals surface area contributed by atoms with Gasteiger partial charge in [-0.25, -0.2) is 0 Å². The molecule has 2 N–H and O–H groups in total. The zero-order valence-corrected chi connectivity index (χ0v) is 14.1. The third kappa shape index (κ3) is 5.77. The first-order valence-corrected chi connectivity index (χ1v) is 7.94. The number of benzene rings is 1. The van der Waals surface area contributed by atoms with Crippen LogP contribution in [0.1, 0.15) is 13.3 Å². The van der Waals surface area contributed by atoms with Gasteiger partial charge in [0.2, 0.25) is 5.91 Å². The lowest BCUT2D eigenvalue weighted by Gasteiger charge is -2.30. The maximum atomic E-state index is 12.0. The summed E-state index contributed by atoms with van der Waals surface area (Å²) in [5.41, 5.74) is 0. The first kappa shape index (κ1) is 18.1. The van der Waals surface area contributed by atoms with Gasteiger partial charge in [-0.15, -0.1) is 24.2 Å². The summed E-state index contributed by atoms with van der Waals surface area (Å²) in [6, 6.07) is 8.02. The number of halogens is 1. The SMILES string of the molecule is COc1ccc(SCC(=O)NC2CNCCC2C)cc1.Cl. The van der Waals surface area contributed by atoms with Crippen LogP contribution >= 0.6 is 24.2 Å². The van der Waals surface area contributed by atoms with Crippen molar-refractivity contribution in [3.63, 3.8) is 0 Å². The van der Waals surface area contributed by atoms with E-state index in [4.69, 9.17) is 4.74 Å². The molecule has 0 aromatic heterocycles. The third-order valence-corrected chi connectivity index (χ3v) is 4.62. The first-order chi connectivity index (χ1) is 9.69. The predicted octanol–water partition coefficient (Wildman–Crippen LogP) is 2.32. The number of carbonyl (C=O) groups is 1. The number of ether oxygens (including phenoxy) is 1. The maximum Gasteiger partial charge on any atom is 0.230 e. The number of hydrogen-bond donors (Lipinski definition) is 2. The van der Waals surface area contributed by atoms with Gasteiger partial charge in [0.25, 0.3) is 0 Å². The van der Waals surface area contributed by atoms with Gasteiger partial charge in [0.15, 0.2) is 0 Å². The lowest BCUT2D eigenvalue weighted by atomic mass is 9.95. The van der Waals surface area contributed by atoms with E-state index in [9.17, 15) is 4.79 Å². The molecule has 6 heteroatoms.